The van der Waals surface area contributed by atoms with Gasteiger partial charge in [0.2, 0.25) is 6.79 Å². The zero-order valence-electron chi connectivity index (χ0n) is 15.1. The van der Waals surface area contributed by atoms with E-state index in [1.807, 2.05) is 36.4 Å². The average Bonchev–Trinajstić information content (AvgIpc) is 3.19. The van der Waals surface area contributed by atoms with Gasteiger partial charge in [-0.05, 0) is 48.1 Å². The Morgan fingerprint density at radius 1 is 1.04 bits per heavy atom. The molecule has 0 saturated carbocycles. The molecule has 0 aliphatic carbocycles. The number of nitrogens with one attached hydrogen (secondary N) is 1. The van der Waals surface area contributed by atoms with Crippen LogP contribution in [0.3, 0.4) is 0 Å². The third-order valence-electron chi connectivity index (χ3n) is 5.12. The average molecular weight is 397 g/mol. The molecular formula is C20H19N3O4S. The van der Waals surface area contributed by atoms with Crippen molar-refractivity contribution in [2.24, 2.45) is 0 Å². The van der Waals surface area contributed by atoms with E-state index in [-0.39, 0.29) is 12.4 Å². The van der Waals surface area contributed by atoms with Gasteiger partial charge in [0, 0.05) is 18.8 Å². The molecule has 5 rings (SSSR count). The molecule has 0 amide bonds. The van der Waals surface area contributed by atoms with Crippen LogP contribution < -0.4 is 19.9 Å². The van der Waals surface area contributed by atoms with E-state index >= 15 is 0 Å². The van der Waals surface area contributed by atoms with Crippen LogP contribution in [0.2, 0.25) is 0 Å². The summed E-state index contributed by atoms with van der Waals surface area (Å²) in [6.07, 6.45) is 0. The molecule has 3 aromatic rings. The van der Waals surface area contributed by atoms with E-state index in [1.165, 1.54) is 0 Å². The minimum Gasteiger partial charge on any atom is -0.454 e. The molecule has 2 aromatic carbocycles. The summed E-state index contributed by atoms with van der Waals surface area (Å²) in [6, 6.07) is 11.5. The molecule has 0 spiro atoms. The number of hydrogen-bond donors (Lipinski definition) is 1. The van der Waals surface area contributed by atoms with E-state index in [2.05, 4.69) is 9.88 Å². The van der Waals surface area contributed by atoms with E-state index < -0.39 is 0 Å². The molecular weight excluding hydrogens is 378 g/mol. The minimum atomic E-state index is -0.105. The molecule has 1 fully saturated rings. The highest BCUT2D eigenvalue weighted by Crippen LogP contribution is 2.32. The molecule has 2 aliphatic heterocycles. The third kappa shape index (κ3) is 3.04. The van der Waals surface area contributed by atoms with E-state index in [4.69, 9.17) is 26.4 Å². The lowest BCUT2D eigenvalue weighted by atomic mass is 10.1. The van der Waals surface area contributed by atoms with Crippen molar-refractivity contribution >= 4 is 28.8 Å². The molecule has 0 unspecified atom stereocenters. The van der Waals surface area contributed by atoms with Crippen LogP contribution in [0.5, 0.6) is 11.5 Å². The molecule has 7 nitrogen and oxygen atoms in total. The Balaban J connectivity index is 1.54. The molecule has 0 radical (unpaired) electrons. The summed E-state index contributed by atoms with van der Waals surface area (Å²) in [6.45, 7) is 3.62. The largest absolute Gasteiger partial charge is 0.454 e. The molecule has 28 heavy (non-hydrogen) atoms. The monoisotopic (exact) mass is 397 g/mol. The Labute approximate surface area is 166 Å². The van der Waals surface area contributed by atoms with Crippen molar-refractivity contribution in [3.63, 3.8) is 0 Å². The van der Waals surface area contributed by atoms with Crippen LogP contribution >= 0.6 is 12.2 Å². The summed E-state index contributed by atoms with van der Waals surface area (Å²) in [4.78, 5) is 18.6. The normalized spacial score (nSPS) is 15.9. The quantitative estimate of drug-likeness (QED) is 0.686. The van der Waals surface area contributed by atoms with Gasteiger partial charge < -0.3 is 24.1 Å². The van der Waals surface area contributed by atoms with Crippen LogP contribution in [0.25, 0.3) is 10.9 Å². The number of hydrogen-bond acceptors (Lipinski definition) is 6. The van der Waals surface area contributed by atoms with Gasteiger partial charge in [0.05, 0.1) is 30.7 Å². The molecule has 1 aromatic heterocycles. The van der Waals surface area contributed by atoms with Gasteiger partial charge >= 0.3 is 0 Å². The second kappa shape index (κ2) is 6.96. The summed E-state index contributed by atoms with van der Waals surface area (Å²) in [5, 5.41) is 0.623. The van der Waals surface area contributed by atoms with Gasteiger partial charge in [0.1, 0.15) is 0 Å². The second-order valence-electron chi connectivity index (χ2n) is 6.84. The number of H-pyrrole nitrogens is 1. The van der Waals surface area contributed by atoms with Crippen molar-refractivity contribution < 1.29 is 14.2 Å². The van der Waals surface area contributed by atoms with Crippen LogP contribution in [0, 0.1) is 4.77 Å². The summed E-state index contributed by atoms with van der Waals surface area (Å²) in [7, 11) is 0. The fourth-order valence-corrected chi connectivity index (χ4v) is 3.88. The molecule has 2 aliphatic rings. The number of nitrogens with zero attached hydrogens (tertiary/aromatic N) is 2. The number of benzene rings is 2. The predicted molar refractivity (Wildman–Crippen MR) is 108 cm³/mol. The van der Waals surface area contributed by atoms with Crippen molar-refractivity contribution in [2.75, 3.05) is 38.0 Å². The Morgan fingerprint density at radius 2 is 1.86 bits per heavy atom. The van der Waals surface area contributed by atoms with Gasteiger partial charge in [-0.3, -0.25) is 9.36 Å². The Morgan fingerprint density at radius 3 is 2.71 bits per heavy atom. The van der Waals surface area contributed by atoms with Crippen LogP contribution in [0.4, 0.5) is 5.69 Å². The molecule has 1 saturated heterocycles. The first-order valence-electron chi connectivity index (χ1n) is 9.17. The van der Waals surface area contributed by atoms with Crippen molar-refractivity contribution in [3.05, 3.63) is 57.1 Å². The maximum Gasteiger partial charge on any atom is 0.262 e. The number of aromatic amines is 1. The molecule has 8 heteroatoms. The molecule has 1 N–H and O–H groups in total. The highest BCUT2D eigenvalue weighted by Gasteiger charge is 2.16. The molecule has 144 valence electrons. The number of fused-ring (bicyclic) bond motifs is 2. The standard InChI is InChI=1S/C20H19N3O4S/c24-19-15-10-14(22-5-7-25-8-6-22)2-3-16(15)21-20(28)23(19)11-13-1-4-17-18(9-13)27-12-26-17/h1-4,9-10H,5-8,11-12H2,(H,21,28). The summed E-state index contributed by atoms with van der Waals surface area (Å²) in [5.74, 6) is 1.41. The van der Waals surface area contributed by atoms with Gasteiger partial charge in [0.15, 0.2) is 16.3 Å². The van der Waals surface area contributed by atoms with Crippen LogP contribution in [-0.4, -0.2) is 42.6 Å². The van der Waals surface area contributed by atoms with Crippen LogP contribution in [0.1, 0.15) is 5.56 Å². The number of ether oxygens (including phenoxy) is 3. The van der Waals surface area contributed by atoms with Crippen molar-refractivity contribution in [1.82, 2.24) is 9.55 Å². The predicted octanol–water partition coefficient (Wildman–Crippen LogP) is 2.67. The van der Waals surface area contributed by atoms with Gasteiger partial charge in [0.25, 0.3) is 5.56 Å². The molecule has 0 bridgehead atoms. The number of aromatic nitrogens is 2. The van der Waals surface area contributed by atoms with Gasteiger partial charge in [-0.15, -0.1) is 0 Å². The van der Waals surface area contributed by atoms with Gasteiger partial charge in [-0.2, -0.15) is 0 Å². The second-order valence-corrected chi connectivity index (χ2v) is 7.23. The van der Waals surface area contributed by atoms with E-state index in [1.54, 1.807) is 4.57 Å². The molecule has 3 heterocycles. The third-order valence-corrected chi connectivity index (χ3v) is 5.44. The lowest BCUT2D eigenvalue weighted by Gasteiger charge is -2.29. The number of rotatable bonds is 3. The number of morpholine rings is 1. The first kappa shape index (κ1) is 17.3. The maximum atomic E-state index is 13.2. The van der Waals surface area contributed by atoms with E-state index in [0.717, 1.165) is 35.6 Å². The Kier molecular flexibility index (Phi) is 4.29. The van der Waals surface area contributed by atoms with Gasteiger partial charge in [-0.25, -0.2) is 0 Å². The molecule has 0 atom stereocenters. The van der Waals surface area contributed by atoms with Crippen LogP contribution in [-0.2, 0) is 11.3 Å². The lowest BCUT2D eigenvalue weighted by Crippen LogP contribution is -2.36. The lowest BCUT2D eigenvalue weighted by molar-refractivity contribution is 0.122. The van der Waals surface area contributed by atoms with Crippen LogP contribution in [0.15, 0.2) is 41.2 Å². The fourth-order valence-electron chi connectivity index (χ4n) is 3.62. The topological polar surface area (TPSA) is 68.7 Å². The van der Waals surface area contributed by atoms with E-state index in [0.29, 0.717) is 35.7 Å². The summed E-state index contributed by atoms with van der Waals surface area (Å²) >= 11 is 5.45. The first-order valence-corrected chi connectivity index (χ1v) is 9.58. The SMILES string of the molecule is O=c1c2cc(N3CCOCC3)ccc2[nH]c(=S)n1Cc1ccc2c(c1)OCO2. The minimum absolute atomic E-state index is 0.105. The summed E-state index contributed by atoms with van der Waals surface area (Å²) < 4.78 is 18.2. The van der Waals surface area contributed by atoms with Crippen molar-refractivity contribution in [3.8, 4) is 11.5 Å². The van der Waals surface area contributed by atoms with Crippen molar-refractivity contribution in [1.29, 1.82) is 0 Å². The van der Waals surface area contributed by atoms with Crippen molar-refractivity contribution in [2.45, 2.75) is 6.54 Å². The highest BCUT2D eigenvalue weighted by atomic mass is 32.1. The van der Waals surface area contributed by atoms with Gasteiger partial charge in [-0.1, -0.05) is 6.07 Å². The number of anilines is 1. The Bertz CT molecular complexity index is 1160. The maximum absolute atomic E-state index is 13.2. The zero-order valence-corrected chi connectivity index (χ0v) is 16.0. The zero-order chi connectivity index (χ0) is 19.1. The Hall–Kier alpha value is -2.84. The summed E-state index contributed by atoms with van der Waals surface area (Å²) in [5.41, 5.74) is 2.59. The smallest absolute Gasteiger partial charge is 0.262 e. The highest BCUT2D eigenvalue weighted by molar-refractivity contribution is 7.71. The fraction of sp³-hybridized carbons (Fsp3) is 0.300. The van der Waals surface area contributed by atoms with E-state index in [9.17, 15) is 4.79 Å². The first-order chi connectivity index (χ1) is 13.7.